The smallest absolute Gasteiger partial charge is 0.339 e. The second kappa shape index (κ2) is 5.31. The van der Waals surface area contributed by atoms with Crippen LogP contribution in [-0.4, -0.2) is 23.5 Å². The van der Waals surface area contributed by atoms with Gasteiger partial charge in [-0.2, -0.15) is 0 Å². The summed E-state index contributed by atoms with van der Waals surface area (Å²) in [6, 6.07) is 1.31. The van der Waals surface area contributed by atoms with Gasteiger partial charge < -0.3 is 14.8 Å². The second-order valence-electron chi connectivity index (χ2n) is 5.81. The molecule has 1 fully saturated rings. The summed E-state index contributed by atoms with van der Waals surface area (Å²) < 4.78 is 5.34. The average Bonchev–Trinajstić information content (AvgIpc) is 3.07. The number of carbonyl (C=O) groups excluding carboxylic acids is 1. The van der Waals surface area contributed by atoms with E-state index >= 15 is 0 Å². The summed E-state index contributed by atoms with van der Waals surface area (Å²) in [5, 5.41) is 11.9. The molecule has 0 atom stereocenters. The van der Waals surface area contributed by atoms with Crippen LogP contribution in [0.2, 0.25) is 0 Å². The predicted molar refractivity (Wildman–Crippen MR) is 73.9 cm³/mol. The van der Waals surface area contributed by atoms with Crippen molar-refractivity contribution in [3.63, 3.8) is 0 Å². The molecule has 1 heterocycles. The van der Waals surface area contributed by atoms with E-state index in [0.29, 0.717) is 24.6 Å². The summed E-state index contributed by atoms with van der Waals surface area (Å²) in [7, 11) is 0. The first-order valence-corrected chi connectivity index (χ1v) is 7.04. The van der Waals surface area contributed by atoms with E-state index < -0.39 is 5.97 Å². The summed E-state index contributed by atoms with van der Waals surface area (Å²) in [5.74, 6) is -0.448. The number of amides is 1. The van der Waals surface area contributed by atoms with E-state index in [2.05, 4.69) is 19.2 Å². The van der Waals surface area contributed by atoms with Gasteiger partial charge in [-0.3, -0.25) is 4.79 Å². The van der Waals surface area contributed by atoms with Crippen LogP contribution in [0.25, 0.3) is 0 Å². The Morgan fingerprint density at radius 1 is 1.45 bits per heavy atom. The lowest BCUT2D eigenvalue weighted by molar-refractivity contribution is 0.0694. The van der Waals surface area contributed by atoms with Crippen LogP contribution in [0.1, 0.15) is 60.3 Å². The SMILES string of the molecule is CCc1oc(C(=O)NCC2(C(C)C)CC2)cc1C(=O)O. The molecule has 0 aromatic carbocycles. The van der Waals surface area contributed by atoms with Crippen molar-refractivity contribution >= 4 is 11.9 Å². The summed E-state index contributed by atoms with van der Waals surface area (Å²) in [6.07, 6.45) is 2.71. The third kappa shape index (κ3) is 2.71. The zero-order valence-electron chi connectivity index (χ0n) is 12.2. The topological polar surface area (TPSA) is 79.5 Å². The molecule has 1 aliphatic rings. The van der Waals surface area contributed by atoms with Gasteiger partial charge in [0.1, 0.15) is 11.3 Å². The highest BCUT2D eigenvalue weighted by Gasteiger charge is 2.45. The van der Waals surface area contributed by atoms with Crippen molar-refractivity contribution in [2.24, 2.45) is 11.3 Å². The van der Waals surface area contributed by atoms with Gasteiger partial charge in [-0.05, 0) is 24.2 Å². The lowest BCUT2D eigenvalue weighted by Crippen LogP contribution is -2.32. The van der Waals surface area contributed by atoms with Gasteiger partial charge in [-0.25, -0.2) is 4.79 Å². The largest absolute Gasteiger partial charge is 0.478 e. The minimum atomic E-state index is -1.06. The molecule has 0 aliphatic heterocycles. The summed E-state index contributed by atoms with van der Waals surface area (Å²) in [5.41, 5.74) is 0.286. The van der Waals surface area contributed by atoms with E-state index in [0.717, 1.165) is 12.8 Å². The molecule has 0 bridgehead atoms. The Balaban J connectivity index is 2.04. The monoisotopic (exact) mass is 279 g/mol. The number of carboxylic acid groups (broad SMARTS) is 1. The van der Waals surface area contributed by atoms with Gasteiger partial charge in [0.15, 0.2) is 5.76 Å². The maximum Gasteiger partial charge on any atom is 0.339 e. The predicted octanol–water partition coefficient (Wildman–Crippen LogP) is 2.71. The third-order valence-electron chi connectivity index (χ3n) is 4.30. The molecule has 2 N–H and O–H groups in total. The average molecular weight is 279 g/mol. The molecule has 110 valence electrons. The molecule has 1 aromatic heterocycles. The first-order valence-electron chi connectivity index (χ1n) is 7.04. The Bertz CT molecular complexity index is 526. The fraction of sp³-hybridized carbons (Fsp3) is 0.600. The number of aryl methyl sites for hydroxylation is 1. The molecule has 1 aromatic rings. The number of hydrogen-bond acceptors (Lipinski definition) is 3. The molecule has 2 rings (SSSR count). The van der Waals surface area contributed by atoms with Crippen LogP contribution in [0.5, 0.6) is 0 Å². The van der Waals surface area contributed by atoms with Gasteiger partial charge in [-0.1, -0.05) is 20.8 Å². The number of nitrogens with one attached hydrogen (secondary N) is 1. The minimum absolute atomic E-state index is 0.0719. The Morgan fingerprint density at radius 2 is 2.10 bits per heavy atom. The first kappa shape index (κ1) is 14.6. The lowest BCUT2D eigenvalue weighted by Gasteiger charge is -2.19. The molecule has 20 heavy (non-hydrogen) atoms. The van der Waals surface area contributed by atoms with Crippen molar-refractivity contribution in [3.05, 3.63) is 23.2 Å². The van der Waals surface area contributed by atoms with Crippen molar-refractivity contribution in [1.29, 1.82) is 0 Å². The lowest BCUT2D eigenvalue weighted by atomic mass is 9.92. The minimum Gasteiger partial charge on any atom is -0.478 e. The maximum atomic E-state index is 12.0. The highest BCUT2D eigenvalue weighted by Crippen LogP contribution is 2.51. The number of rotatable bonds is 6. The van der Waals surface area contributed by atoms with E-state index in [4.69, 9.17) is 9.52 Å². The number of carboxylic acids is 1. The van der Waals surface area contributed by atoms with Gasteiger partial charge >= 0.3 is 5.97 Å². The molecule has 1 amide bonds. The van der Waals surface area contributed by atoms with E-state index in [1.165, 1.54) is 6.07 Å². The molecule has 1 aliphatic carbocycles. The summed E-state index contributed by atoms with van der Waals surface area (Å²) >= 11 is 0. The van der Waals surface area contributed by atoms with Crippen molar-refractivity contribution in [1.82, 2.24) is 5.32 Å². The molecule has 1 saturated carbocycles. The maximum absolute atomic E-state index is 12.0. The van der Waals surface area contributed by atoms with Gasteiger partial charge in [-0.15, -0.1) is 0 Å². The quantitative estimate of drug-likeness (QED) is 0.839. The van der Waals surface area contributed by atoms with Crippen LogP contribution in [0.3, 0.4) is 0 Å². The zero-order valence-corrected chi connectivity index (χ0v) is 12.2. The molecule has 0 spiro atoms. The standard InChI is InChI=1S/C15H21NO4/c1-4-11-10(14(18)19)7-12(20-11)13(17)16-8-15(5-6-15)9(2)3/h7,9H,4-6,8H2,1-3H3,(H,16,17)(H,18,19). The highest BCUT2D eigenvalue weighted by atomic mass is 16.4. The fourth-order valence-corrected chi connectivity index (χ4v) is 2.45. The Hall–Kier alpha value is -1.78. The number of hydrogen-bond donors (Lipinski definition) is 2. The van der Waals surface area contributed by atoms with Crippen LogP contribution in [0, 0.1) is 11.3 Å². The molecular formula is C15H21NO4. The molecular weight excluding hydrogens is 258 g/mol. The number of carbonyl (C=O) groups is 2. The Labute approximate surface area is 118 Å². The molecule has 0 radical (unpaired) electrons. The van der Waals surface area contributed by atoms with Gasteiger partial charge in [0.05, 0.1) is 0 Å². The number of furan rings is 1. The van der Waals surface area contributed by atoms with Crippen LogP contribution in [-0.2, 0) is 6.42 Å². The van der Waals surface area contributed by atoms with Crippen LogP contribution in [0.15, 0.2) is 10.5 Å². The highest BCUT2D eigenvalue weighted by molar-refractivity contribution is 5.96. The summed E-state index contributed by atoms with van der Waals surface area (Å²) in [4.78, 5) is 23.1. The van der Waals surface area contributed by atoms with Crippen LogP contribution in [0.4, 0.5) is 0 Å². The zero-order chi connectivity index (χ0) is 14.9. The van der Waals surface area contributed by atoms with E-state index in [-0.39, 0.29) is 22.6 Å². The van der Waals surface area contributed by atoms with Crippen LogP contribution >= 0.6 is 0 Å². The van der Waals surface area contributed by atoms with E-state index in [1.54, 1.807) is 6.92 Å². The van der Waals surface area contributed by atoms with Gasteiger partial charge in [0.2, 0.25) is 0 Å². The van der Waals surface area contributed by atoms with E-state index in [1.807, 2.05) is 0 Å². The van der Waals surface area contributed by atoms with Crippen molar-refractivity contribution in [2.45, 2.75) is 40.0 Å². The van der Waals surface area contributed by atoms with E-state index in [9.17, 15) is 9.59 Å². The molecule has 0 unspecified atom stereocenters. The summed E-state index contributed by atoms with van der Waals surface area (Å²) in [6.45, 7) is 6.73. The van der Waals surface area contributed by atoms with Gasteiger partial charge in [0.25, 0.3) is 5.91 Å². The second-order valence-corrected chi connectivity index (χ2v) is 5.81. The Kier molecular flexibility index (Phi) is 3.88. The van der Waals surface area contributed by atoms with Crippen molar-refractivity contribution in [3.8, 4) is 0 Å². The fourth-order valence-electron chi connectivity index (χ4n) is 2.45. The third-order valence-corrected chi connectivity index (χ3v) is 4.30. The number of aromatic carboxylic acids is 1. The van der Waals surface area contributed by atoms with Crippen LogP contribution < -0.4 is 5.32 Å². The van der Waals surface area contributed by atoms with Crippen molar-refractivity contribution in [2.75, 3.05) is 6.54 Å². The van der Waals surface area contributed by atoms with Crippen molar-refractivity contribution < 1.29 is 19.1 Å². The Morgan fingerprint density at radius 3 is 2.50 bits per heavy atom. The molecule has 5 nitrogen and oxygen atoms in total. The molecule has 0 saturated heterocycles. The van der Waals surface area contributed by atoms with Gasteiger partial charge in [0, 0.05) is 19.0 Å². The normalized spacial score (nSPS) is 16.2. The molecule has 5 heteroatoms. The first-order chi connectivity index (χ1) is 9.39.